The number of rotatable bonds is 2. The third-order valence-corrected chi connectivity index (χ3v) is 3.70. The molecule has 4 atom stereocenters. The smallest absolute Gasteiger partial charge is 0.303 e. The number of carbonyl (C=O) groups excluding carboxylic acids is 2. The first-order valence-electron chi connectivity index (χ1n) is 5.15. The molecule has 0 N–H and O–H groups in total. The molecule has 0 aliphatic carbocycles. The van der Waals surface area contributed by atoms with E-state index in [0.29, 0.717) is 0 Å². The van der Waals surface area contributed by atoms with E-state index in [9.17, 15) is 9.59 Å². The Hall–Kier alpha value is -0.750. The van der Waals surface area contributed by atoms with Gasteiger partial charge >= 0.3 is 11.9 Å². The van der Waals surface area contributed by atoms with Gasteiger partial charge in [-0.1, -0.05) is 0 Å². The van der Waals surface area contributed by atoms with E-state index in [1.165, 1.54) is 13.8 Å². The van der Waals surface area contributed by atoms with Crippen LogP contribution in [0, 0.1) is 0 Å². The summed E-state index contributed by atoms with van der Waals surface area (Å²) in [6.45, 7) is 2.69. The molecular formula is C10H14O5S. The lowest BCUT2D eigenvalue weighted by atomic mass is 10.1. The van der Waals surface area contributed by atoms with Gasteiger partial charge in [-0.2, -0.15) is 11.8 Å². The highest BCUT2D eigenvalue weighted by molar-refractivity contribution is 7.99. The number of ether oxygens (including phenoxy) is 3. The van der Waals surface area contributed by atoms with Gasteiger partial charge in [-0.15, -0.1) is 0 Å². The van der Waals surface area contributed by atoms with Gasteiger partial charge in [0.1, 0.15) is 12.2 Å². The van der Waals surface area contributed by atoms with Crippen molar-refractivity contribution in [1.82, 2.24) is 0 Å². The number of fused-ring (bicyclic) bond motifs is 2. The third-order valence-electron chi connectivity index (χ3n) is 2.57. The number of thioether (sulfide) groups is 1. The summed E-state index contributed by atoms with van der Waals surface area (Å²) in [6.07, 6.45) is -1.23. The Kier molecular flexibility index (Phi) is 3.39. The molecule has 2 saturated heterocycles. The SMILES string of the molecule is CC(=O)O[C@H]1[C@H](OC(C)=O)[C@H]2CSC[C@@H]1O2. The first-order chi connectivity index (χ1) is 7.58. The highest BCUT2D eigenvalue weighted by atomic mass is 32.2. The lowest BCUT2D eigenvalue weighted by molar-refractivity contribution is -0.163. The van der Waals surface area contributed by atoms with Gasteiger partial charge in [0.15, 0.2) is 12.2 Å². The Balaban J connectivity index is 2.10. The van der Waals surface area contributed by atoms with Crippen LogP contribution < -0.4 is 0 Å². The van der Waals surface area contributed by atoms with Crippen molar-refractivity contribution in [2.75, 3.05) is 11.5 Å². The highest BCUT2D eigenvalue weighted by Gasteiger charge is 2.51. The predicted molar refractivity (Wildman–Crippen MR) is 57.1 cm³/mol. The average Bonchev–Trinajstić information content (AvgIpc) is 2.41. The maximum Gasteiger partial charge on any atom is 0.303 e. The van der Waals surface area contributed by atoms with E-state index in [2.05, 4.69) is 0 Å². The van der Waals surface area contributed by atoms with Gasteiger partial charge in [-0.05, 0) is 0 Å². The first-order valence-corrected chi connectivity index (χ1v) is 6.31. The van der Waals surface area contributed by atoms with Crippen LogP contribution in [0.4, 0.5) is 0 Å². The maximum atomic E-state index is 11.0. The highest BCUT2D eigenvalue weighted by Crippen LogP contribution is 2.35. The van der Waals surface area contributed by atoms with Crippen molar-refractivity contribution in [2.24, 2.45) is 0 Å². The molecule has 16 heavy (non-hydrogen) atoms. The molecule has 90 valence electrons. The summed E-state index contributed by atoms with van der Waals surface area (Å²) in [7, 11) is 0. The standard InChI is InChI=1S/C10H14O5S/c1-5(11)13-9-7-3-16-4-8(15-7)10(9)14-6(2)12/h7-10H,3-4H2,1-2H3/t7-,8+,9-,10-/m1/s1. The van der Waals surface area contributed by atoms with Gasteiger partial charge in [0.2, 0.25) is 0 Å². The predicted octanol–water partition coefficient (Wildman–Crippen LogP) is 0.364. The van der Waals surface area contributed by atoms with Gasteiger partial charge < -0.3 is 14.2 Å². The molecule has 2 aliphatic heterocycles. The monoisotopic (exact) mass is 246 g/mol. The molecule has 2 heterocycles. The number of carbonyl (C=O) groups is 2. The van der Waals surface area contributed by atoms with Crippen LogP contribution >= 0.6 is 11.8 Å². The minimum atomic E-state index is -0.457. The molecule has 2 bridgehead atoms. The van der Waals surface area contributed by atoms with E-state index < -0.39 is 12.2 Å². The van der Waals surface area contributed by atoms with Crippen LogP contribution in [0.3, 0.4) is 0 Å². The Morgan fingerprint density at radius 3 is 1.88 bits per heavy atom. The van der Waals surface area contributed by atoms with E-state index in [1.807, 2.05) is 0 Å². The zero-order valence-electron chi connectivity index (χ0n) is 9.17. The van der Waals surface area contributed by atoms with Crippen LogP contribution in [0.25, 0.3) is 0 Å². The van der Waals surface area contributed by atoms with Gasteiger partial charge in [0.25, 0.3) is 0 Å². The Morgan fingerprint density at radius 1 is 1.06 bits per heavy atom. The van der Waals surface area contributed by atoms with Crippen molar-refractivity contribution in [3.05, 3.63) is 0 Å². The molecule has 0 aromatic rings. The number of hydrogen-bond acceptors (Lipinski definition) is 6. The summed E-state index contributed by atoms with van der Waals surface area (Å²) >= 11 is 1.73. The first kappa shape index (κ1) is 11.7. The molecule has 0 amide bonds. The van der Waals surface area contributed by atoms with Crippen LogP contribution in [0.1, 0.15) is 13.8 Å². The summed E-state index contributed by atoms with van der Waals surface area (Å²) < 4.78 is 16.0. The molecule has 0 unspecified atom stereocenters. The van der Waals surface area contributed by atoms with E-state index in [0.717, 1.165) is 11.5 Å². The third kappa shape index (κ3) is 2.32. The summed E-state index contributed by atoms with van der Waals surface area (Å²) in [5.74, 6) is 0.796. The van der Waals surface area contributed by atoms with Crippen LogP contribution in [0.5, 0.6) is 0 Å². The van der Waals surface area contributed by atoms with Crippen molar-refractivity contribution >= 4 is 23.7 Å². The van der Waals surface area contributed by atoms with E-state index in [4.69, 9.17) is 14.2 Å². The minimum Gasteiger partial charge on any atom is -0.456 e. The summed E-state index contributed by atoms with van der Waals surface area (Å²) in [5, 5.41) is 0. The minimum absolute atomic E-state index is 0.156. The van der Waals surface area contributed by atoms with E-state index in [1.54, 1.807) is 11.8 Å². The number of hydrogen-bond donors (Lipinski definition) is 0. The molecule has 2 aliphatic rings. The molecule has 0 radical (unpaired) electrons. The van der Waals surface area contributed by atoms with Crippen molar-refractivity contribution < 1.29 is 23.8 Å². The average molecular weight is 246 g/mol. The van der Waals surface area contributed by atoms with Crippen LogP contribution in [0.15, 0.2) is 0 Å². The quantitative estimate of drug-likeness (QED) is 0.656. The lowest BCUT2D eigenvalue weighted by Crippen LogP contribution is -2.39. The zero-order valence-corrected chi connectivity index (χ0v) is 9.99. The summed E-state index contributed by atoms with van der Waals surface area (Å²) in [4.78, 5) is 22.0. The van der Waals surface area contributed by atoms with E-state index >= 15 is 0 Å². The van der Waals surface area contributed by atoms with E-state index in [-0.39, 0.29) is 24.1 Å². The normalized spacial score (nSPS) is 36.9. The van der Waals surface area contributed by atoms with Gasteiger partial charge in [0.05, 0.1) is 0 Å². The molecule has 0 saturated carbocycles. The molecule has 2 rings (SSSR count). The fourth-order valence-electron chi connectivity index (χ4n) is 2.04. The van der Waals surface area contributed by atoms with Crippen molar-refractivity contribution in [2.45, 2.75) is 38.3 Å². The van der Waals surface area contributed by atoms with Gasteiger partial charge in [0, 0.05) is 25.4 Å². The molecule has 0 aromatic carbocycles. The second kappa shape index (κ2) is 4.63. The maximum absolute atomic E-state index is 11.0. The van der Waals surface area contributed by atoms with Crippen LogP contribution in [-0.2, 0) is 23.8 Å². The molecular weight excluding hydrogens is 232 g/mol. The Morgan fingerprint density at radius 2 is 1.50 bits per heavy atom. The van der Waals surface area contributed by atoms with Gasteiger partial charge in [-0.3, -0.25) is 9.59 Å². The summed E-state index contributed by atoms with van der Waals surface area (Å²) in [5.41, 5.74) is 0. The fourth-order valence-corrected chi connectivity index (χ4v) is 3.18. The topological polar surface area (TPSA) is 61.8 Å². The Labute approximate surface area is 97.8 Å². The van der Waals surface area contributed by atoms with Crippen molar-refractivity contribution in [1.29, 1.82) is 0 Å². The van der Waals surface area contributed by atoms with Crippen molar-refractivity contribution in [3.8, 4) is 0 Å². The molecule has 0 spiro atoms. The zero-order chi connectivity index (χ0) is 11.7. The molecule has 0 aromatic heterocycles. The second-order valence-corrected chi connectivity index (χ2v) is 4.97. The van der Waals surface area contributed by atoms with Crippen molar-refractivity contribution in [3.63, 3.8) is 0 Å². The molecule has 6 heteroatoms. The Bertz CT molecular complexity index is 278. The fraction of sp³-hybridized carbons (Fsp3) is 0.800. The molecule has 5 nitrogen and oxygen atoms in total. The molecule has 2 fully saturated rings. The number of esters is 2. The van der Waals surface area contributed by atoms with Crippen LogP contribution in [-0.4, -0.2) is 47.9 Å². The largest absolute Gasteiger partial charge is 0.456 e. The lowest BCUT2D eigenvalue weighted by Gasteiger charge is -2.20. The second-order valence-electron chi connectivity index (χ2n) is 3.90. The van der Waals surface area contributed by atoms with Gasteiger partial charge in [-0.25, -0.2) is 0 Å². The van der Waals surface area contributed by atoms with Crippen LogP contribution in [0.2, 0.25) is 0 Å². The summed E-state index contributed by atoms with van der Waals surface area (Å²) in [6, 6.07) is 0.